The minimum absolute atomic E-state index is 0.593. The van der Waals surface area contributed by atoms with Crippen LogP contribution in [0, 0.1) is 6.92 Å². The van der Waals surface area contributed by atoms with E-state index in [9.17, 15) is 0 Å². The van der Waals surface area contributed by atoms with Crippen LogP contribution in [0.5, 0.6) is 0 Å². The number of rotatable bonds is 2. The van der Waals surface area contributed by atoms with Crippen LogP contribution >= 0.6 is 0 Å². The number of likely N-dealkylation sites (tertiary alicyclic amines) is 1. The first kappa shape index (κ1) is 10.4. The summed E-state index contributed by atoms with van der Waals surface area (Å²) in [5.41, 5.74) is 1.26. The lowest BCUT2D eigenvalue weighted by Crippen LogP contribution is -2.36. The van der Waals surface area contributed by atoms with Gasteiger partial charge in [-0.1, -0.05) is 0 Å². The van der Waals surface area contributed by atoms with E-state index in [0.717, 1.165) is 5.82 Å². The zero-order valence-electron chi connectivity index (χ0n) is 9.53. The molecule has 0 amide bonds. The summed E-state index contributed by atoms with van der Waals surface area (Å²) in [5, 5.41) is 3.50. The molecule has 1 fully saturated rings. The average Bonchev–Trinajstić information content (AvgIpc) is 2.22. The number of pyridine rings is 1. The number of nitrogens with zero attached hydrogens (tertiary/aromatic N) is 2. The van der Waals surface area contributed by atoms with Gasteiger partial charge in [0.05, 0.1) is 0 Å². The van der Waals surface area contributed by atoms with Gasteiger partial charge in [-0.3, -0.25) is 0 Å². The molecule has 15 heavy (non-hydrogen) atoms. The Balaban J connectivity index is 1.92. The number of hydrogen-bond donors (Lipinski definition) is 1. The lowest BCUT2D eigenvalue weighted by atomic mass is 10.1. The standard InChI is InChI=1S/C12H19N3/c1-10-3-6-13-12(9-10)14-11-4-7-15(2)8-5-11/h3,6,9,11H,4-5,7-8H2,1-2H3,(H,13,14). The van der Waals surface area contributed by atoms with Crippen LogP contribution in [0.25, 0.3) is 0 Å². The SMILES string of the molecule is Cc1ccnc(NC2CCN(C)CC2)c1. The maximum absolute atomic E-state index is 4.33. The third-order valence-corrected chi connectivity index (χ3v) is 2.99. The molecule has 3 nitrogen and oxygen atoms in total. The normalized spacial score (nSPS) is 19.1. The summed E-state index contributed by atoms with van der Waals surface area (Å²) in [6.07, 6.45) is 4.30. The molecule has 1 aromatic rings. The summed E-state index contributed by atoms with van der Waals surface area (Å²) in [7, 11) is 2.18. The van der Waals surface area contributed by atoms with E-state index in [4.69, 9.17) is 0 Å². The van der Waals surface area contributed by atoms with Crippen molar-refractivity contribution in [1.82, 2.24) is 9.88 Å². The first-order chi connectivity index (χ1) is 7.24. The molecular weight excluding hydrogens is 186 g/mol. The highest BCUT2D eigenvalue weighted by atomic mass is 15.1. The zero-order valence-corrected chi connectivity index (χ0v) is 9.53. The van der Waals surface area contributed by atoms with E-state index < -0.39 is 0 Å². The van der Waals surface area contributed by atoms with Crippen molar-refractivity contribution in [1.29, 1.82) is 0 Å². The van der Waals surface area contributed by atoms with Gasteiger partial charge >= 0.3 is 0 Å². The quantitative estimate of drug-likeness (QED) is 0.799. The van der Waals surface area contributed by atoms with Crippen LogP contribution in [0.15, 0.2) is 18.3 Å². The molecule has 3 heteroatoms. The van der Waals surface area contributed by atoms with Crippen LogP contribution in [0.1, 0.15) is 18.4 Å². The van der Waals surface area contributed by atoms with Crippen molar-refractivity contribution in [3.8, 4) is 0 Å². The van der Waals surface area contributed by atoms with E-state index in [-0.39, 0.29) is 0 Å². The maximum atomic E-state index is 4.33. The monoisotopic (exact) mass is 205 g/mol. The van der Waals surface area contributed by atoms with Gasteiger partial charge in [0, 0.05) is 12.2 Å². The number of nitrogens with one attached hydrogen (secondary N) is 1. The van der Waals surface area contributed by atoms with Crippen molar-refractivity contribution in [3.63, 3.8) is 0 Å². The topological polar surface area (TPSA) is 28.2 Å². The predicted molar refractivity (Wildman–Crippen MR) is 63.1 cm³/mol. The molecular formula is C12H19N3. The molecule has 0 aliphatic carbocycles. The van der Waals surface area contributed by atoms with Crippen LogP contribution in [-0.2, 0) is 0 Å². The van der Waals surface area contributed by atoms with Gasteiger partial charge in [-0.25, -0.2) is 4.98 Å². The Kier molecular flexibility index (Phi) is 3.21. The summed E-state index contributed by atoms with van der Waals surface area (Å²) in [5.74, 6) is 1.02. The minimum Gasteiger partial charge on any atom is -0.367 e. The predicted octanol–water partition coefficient (Wildman–Crippen LogP) is 1.90. The van der Waals surface area contributed by atoms with Gasteiger partial charge in [0.2, 0.25) is 0 Å². The Bertz CT molecular complexity index is 316. The molecule has 2 rings (SSSR count). The molecule has 1 saturated heterocycles. The van der Waals surface area contributed by atoms with Crippen molar-refractivity contribution >= 4 is 5.82 Å². The molecule has 1 aromatic heterocycles. The van der Waals surface area contributed by atoms with Crippen LogP contribution in [0.4, 0.5) is 5.82 Å². The molecule has 1 N–H and O–H groups in total. The Morgan fingerprint density at radius 1 is 1.40 bits per heavy atom. The molecule has 0 spiro atoms. The second-order valence-corrected chi connectivity index (χ2v) is 4.44. The largest absolute Gasteiger partial charge is 0.367 e. The van der Waals surface area contributed by atoms with Gasteiger partial charge in [0.15, 0.2) is 0 Å². The molecule has 0 radical (unpaired) electrons. The minimum atomic E-state index is 0.593. The second kappa shape index (κ2) is 4.62. The molecule has 2 heterocycles. The maximum Gasteiger partial charge on any atom is 0.126 e. The van der Waals surface area contributed by atoms with Crippen molar-refractivity contribution in [2.75, 3.05) is 25.5 Å². The summed E-state index contributed by atoms with van der Waals surface area (Å²) >= 11 is 0. The first-order valence-electron chi connectivity index (χ1n) is 5.62. The summed E-state index contributed by atoms with van der Waals surface area (Å²) in [6.45, 7) is 4.47. The summed E-state index contributed by atoms with van der Waals surface area (Å²) < 4.78 is 0. The van der Waals surface area contributed by atoms with E-state index in [0.29, 0.717) is 6.04 Å². The van der Waals surface area contributed by atoms with E-state index in [1.165, 1.54) is 31.5 Å². The highest BCUT2D eigenvalue weighted by Crippen LogP contribution is 2.14. The van der Waals surface area contributed by atoms with Gasteiger partial charge in [-0.05, 0) is 57.6 Å². The van der Waals surface area contributed by atoms with Gasteiger partial charge in [-0.2, -0.15) is 0 Å². The highest BCUT2D eigenvalue weighted by Gasteiger charge is 2.16. The average molecular weight is 205 g/mol. The number of hydrogen-bond acceptors (Lipinski definition) is 3. The first-order valence-corrected chi connectivity index (χ1v) is 5.62. The number of piperidine rings is 1. The fourth-order valence-electron chi connectivity index (χ4n) is 1.98. The number of aromatic nitrogens is 1. The van der Waals surface area contributed by atoms with Crippen LogP contribution in [-0.4, -0.2) is 36.1 Å². The Labute approximate surface area is 91.5 Å². The summed E-state index contributed by atoms with van der Waals surface area (Å²) in [6, 6.07) is 4.73. The molecule has 82 valence electrons. The molecule has 0 atom stereocenters. The zero-order chi connectivity index (χ0) is 10.7. The second-order valence-electron chi connectivity index (χ2n) is 4.44. The Morgan fingerprint density at radius 3 is 2.80 bits per heavy atom. The lowest BCUT2D eigenvalue weighted by Gasteiger charge is -2.29. The van der Waals surface area contributed by atoms with E-state index >= 15 is 0 Å². The van der Waals surface area contributed by atoms with Crippen molar-refractivity contribution in [2.24, 2.45) is 0 Å². The van der Waals surface area contributed by atoms with Gasteiger partial charge in [0.25, 0.3) is 0 Å². The fraction of sp³-hybridized carbons (Fsp3) is 0.583. The molecule has 0 bridgehead atoms. The number of aryl methyl sites for hydroxylation is 1. The summed E-state index contributed by atoms with van der Waals surface area (Å²) in [4.78, 5) is 6.70. The van der Waals surface area contributed by atoms with E-state index in [1.807, 2.05) is 12.3 Å². The molecule has 0 saturated carbocycles. The number of anilines is 1. The van der Waals surface area contributed by atoms with Gasteiger partial charge in [-0.15, -0.1) is 0 Å². The molecule has 1 aliphatic heterocycles. The van der Waals surface area contributed by atoms with Crippen LogP contribution in [0.2, 0.25) is 0 Å². The van der Waals surface area contributed by atoms with Gasteiger partial charge in [0.1, 0.15) is 5.82 Å². The Hall–Kier alpha value is -1.09. The van der Waals surface area contributed by atoms with Crippen LogP contribution in [0.3, 0.4) is 0 Å². The molecule has 0 aromatic carbocycles. The Morgan fingerprint density at radius 2 is 2.13 bits per heavy atom. The van der Waals surface area contributed by atoms with E-state index in [1.54, 1.807) is 0 Å². The lowest BCUT2D eigenvalue weighted by molar-refractivity contribution is 0.263. The fourth-order valence-corrected chi connectivity index (χ4v) is 1.98. The van der Waals surface area contributed by atoms with Crippen molar-refractivity contribution in [2.45, 2.75) is 25.8 Å². The molecule has 0 unspecified atom stereocenters. The third kappa shape index (κ3) is 2.93. The smallest absolute Gasteiger partial charge is 0.126 e. The van der Waals surface area contributed by atoms with E-state index in [2.05, 4.69) is 35.2 Å². The van der Waals surface area contributed by atoms with Crippen molar-refractivity contribution in [3.05, 3.63) is 23.9 Å². The third-order valence-electron chi connectivity index (χ3n) is 2.99. The highest BCUT2D eigenvalue weighted by molar-refractivity contribution is 5.38. The van der Waals surface area contributed by atoms with Crippen molar-refractivity contribution < 1.29 is 0 Å². The molecule has 1 aliphatic rings. The van der Waals surface area contributed by atoms with Crippen LogP contribution < -0.4 is 5.32 Å². The van der Waals surface area contributed by atoms with Gasteiger partial charge < -0.3 is 10.2 Å².